The summed E-state index contributed by atoms with van der Waals surface area (Å²) in [4.78, 5) is 26.7. The molecular weight excluding hydrogens is 247 g/mol. The van der Waals surface area contributed by atoms with Gasteiger partial charge < -0.3 is 0 Å². The number of halogens is 2. The molecule has 1 heterocycles. The number of Topliss-reactive ketones (excluding diaryl/α,β-unsaturated/α-hetero) is 1. The van der Waals surface area contributed by atoms with Crippen molar-refractivity contribution in [3.8, 4) is 0 Å². The molecule has 0 aliphatic rings. The van der Waals surface area contributed by atoms with E-state index in [4.69, 9.17) is 11.6 Å². The molecule has 0 aliphatic heterocycles. The highest BCUT2D eigenvalue weighted by Crippen LogP contribution is 2.14. The molecule has 0 radical (unpaired) electrons. The second-order valence-electron chi connectivity index (χ2n) is 3.61. The molecule has 4 nitrogen and oxygen atoms in total. The first-order chi connectivity index (χ1) is 8.00. The summed E-state index contributed by atoms with van der Waals surface area (Å²) in [6.07, 6.45) is 0. The first kappa shape index (κ1) is 11.7. The van der Waals surface area contributed by atoms with Gasteiger partial charge in [-0.2, -0.15) is 0 Å². The molecule has 0 fully saturated rings. The molecular formula is C11H8ClFN2O2. The zero-order valence-corrected chi connectivity index (χ0v) is 9.66. The molecule has 0 amide bonds. The van der Waals surface area contributed by atoms with Gasteiger partial charge >= 0.3 is 0 Å². The Hall–Kier alpha value is -1.75. The molecule has 0 atom stereocenters. The molecule has 1 aromatic heterocycles. The van der Waals surface area contributed by atoms with E-state index in [0.29, 0.717) is 0 Å². The van der Waals surface area contributed by atoms with Gasteiger partial charge in [0.25, 0.3) is 5.56 Å². The lowest BCUT2D eigenvalue weighted by molar-refractivity contribution is -0.117. The average molecular weight is 255 g/mol. The Labute approximate surface area is 101 Å². The lowest BCUT2D eigenvalue weighted by Gasteiger charge is -2.07. The summed E-state index contributed by atoms with van der Waals surface area (Å²) < 4.78 is 14.4. The zero-order chi connectivity index (χ0) is 12.6. The molecule has 17 heavy (non-hydrogen) atoms. The van der Waals surface area contributed by atoms with Crippen LogP contribution in [0.15, 0.2) is 23.0 Å². The number of aromatic nitrogens is 2. The second kappa shape index (κ2) is 4.25. The predicted octanol–water partition coefficient (Wildman–Crippen LogP) is 1.78. The van der Waals surface area contributed by atoms with E-state index in [1.807, 2.05) is 0 Å². The van der Waals surface area contributed by atoms with E-state index in [0.717, 1.165) is 4.57 Å². The zero-order valence-electron chi connectivity index (χ0n) is 8.91. The van der Waals surface area contributed by atoms with Gasteiger partial charge in [-0.25, -0.2) is 9.37 Å². The van der Waals surface area contributed by atoms with Crippen molar-refractivity contribution in [1.29, 1.82) is 0 Å². The smallest absolute Gasteiger partial charge is 0.262 e. The maximum absolute atomic E-state index is 13.4. The number of hydrogen-bond donors (Lipinski definition) is 0. The van der Waals surface area contributed by atoms with Gasteiger partial charge in [0.15, 0.2) is 0 Å². The molecule has 2 rings (SSSR count). The Balaban J connectivity index is 2.81. The standard InChI is InChI=1S/C11H8ClFN2O2/c1-6(16)5-15-10(17)7-3-2-4-8(13)9(7)14-11(15)12/h2-4H,5H2,1H3. The Morgan fingerprint density at radius 1 is 1.53 bits per heavy atom. The maximum atomic E-state index is 13.4. The molecule has 1 aromatic carbocycles. The van der Waals surface area contributed by atoms with E-state index >= 15 is 0 Å². The van der Waals surface area contributed by atoms with Crippen LogP contribution in [0.5, 0.6) is 0 Å². The Bertz CT molecular complexity index is 666. The normalized spacial score (nSPS) is 10.8. The third kappa shape index (κ3) is 2.06. The minimum absolute atomic E-state index is 0.0812. The largest absolute Gasteiger partial charge is 0.298 e. The van der Waals surface area contributed by atoms with Crippen LogP contribution < -0.4 is 5.56 Å². The summed E-state index contributed by atoms with van der Waals surface area (Å²) in [7, 11) is 0. The highest BCUT2D eigenvalue weighted by Gasteiger charge is 2.12. The minimum Gasteiger partial charge on any atom is -0.298 e. The SMILES string of the molecule is CC(=O)Cn1c(Cl)nc2c(F)cccc2c1=O. The fraction of sp³-hybridized carbons (Fsp3) is 0.182. The van der Waals surface area contributed by atoms with Crippen LogP contribution in [0.3, 0.4) is 0 Å². The van der Waals surface area contributed by atoms with Gasteiger partial charge in [-0.1, -0.05) is 6.07 Å². The fourth-order valence-corrected chi connectivity index (χ4v) is 1.76. The number of para-hydroxylation sites is 1. The van der Waals surface area contributed by atoms with Crippen molar-refractivity contribution in [3.05, 3.63) is 39.7 Å². The van der Waals surface area contributed by atoms with Gasteiger partial charge in [0.1, 0.15) is 17.1 Å². The van der Waals surface area contributed by atoms with Crippen LogP contribution in [0.4, 0.5) is 4.39 Å². The molecule has 0 saturated carbocycles. The van der Waals surface area contributed by atoms with Crippen LogP contribution in [0.25, 0.3) is 10.9 Å². The Morgan fingerprint density at radius 2 is 2.24 bits per heavy atom. The van der Waals surface area contributed by atoms with Crippen LogP contribution in [0, 0.1) is 5.82 Å². The van der Waals surface area contributed by atoms with Crippen molar-refractivity contribution in [2.45, 2.75) is 13.5 Å². The van der Waals surface area contributed by atoms with Crippen LogP contribution in [0.1, 0.15) is 6.92 Å². The number of nitrogens with zero attached hydrogens (tertiary/aromatic N) is 2. The van der Waals surface area contributed by atoms with Crippen molar-refractivity contribution in [1.82, 2.24) is 9.55 Å². The number of fused-ring (bicyclic) bond motifs is 1. The molecule has 0 N–H and O–H groups in total. The van der Waals surface area contributed by atoms with E-state index < -0.39 is 11.4 Å². The van der Waals surface area contributed by atoms with E-state index in [1.54, 1.807) is 0 Å². The first-order valence-electron chi connectivity index (χ1n) is 4.84. The topological polar surface area (TPSA) is 52.0 Å². The molecule has 0 spiro atoms. The molecule has 0 bridgehead atoms. The monoisotopic (exact) mass is 254 g/mol. The maximum Gasteiger partial charge on any atom is 0.262 e. The van der Waals surface area contributed by atoms with Crippen molar-refractivity contribution in [2.24, 2.45) is 0 Å². The quantitative estimate of drug-likeness (QED) is 0.768. The van der Waals surface area contributed by atoms with Crippen molar-refractivity contribution >= 4 is 28.3 Å². The fourth-order valence-electron chi connectivity index (χ4n) is 1.54. The van der Waals surface area contributed by atoms with Gasteiger partial charge in [-0.05, 0) is 30.7 Å². The number of carbonyl (C=O) groups is 1. The van der Waals surface area contributed by atoms with Crippen molar-refractivity contribution < 1.29 is 9.18 Å². The van der Waals surface area contributed by atoms with E-state index in [9.17, 15) is 14.0 Å². The number of rotatable bonds is 2. The third-order valence-electron chi connectivity index (χ3n) is 2.27. The van der Waals surface area contributed by atoms with Crippen LogP contribution >= 0.6 is 11.6 Å². The summed E-state index contributed by atoms with van der Waals surface area (Å²) >= 11 is 5.76. The van der Waals surface area contributed by atoms with Gasteiger partial charge in [0, 0.05) is 0 Å². The van der Waals surface area contributed by atoms with Gasteiger partial charge in [0.2, 0.25) is 5.28 Å². The van der Waals surface area contributed by atoms with Crippen LogP contribution in [-0.4, -0.2) is 15.3 Å². The van der Waals surface area contributed by atoms with Gasteiger partial charge in [-0.3, -0.25) is 14.2 Å². The second-order valence-corrected chi connectivity index (χ2v) is 3.95. The van der Waals surface area contributed by atoms with E-state index in [-0.39, 0.29) is 28.5 Å². The first-order valence-corrected chi connectivity index (χ1v) is 5.22. The summed E-state index contributed by atoms with van der Waals surface area (Å²) in [5, 5.41) is -0.0848. The highest BCUT2D eigenvalue weighted by molar-refractivity contribution is 6.28. The number of carbonyl (C=O) groups excluding carboxylic acids is 1. The van der Waals surface area contributed by atoms with Crippen LogP contribution in [-0.2, 0) is 11.3 Å². The van der Waals surface area contributed by atoms with E-state index in [1.165, 1.54) is 25.1 Å². The third-order valence-corrected chi connectivity index (χ3v) is 2.56. The molecule has 0 unspecified atom stereocenters. The van der Waals surface area contributed by atoms with Crippen LogP contribution in [0.2, 0.25) is 5.28 Å². The molecule has 88 valence electrons. The Kier molecular flexibility index (Phi) is 2.93. The summed E-state index contributed by atoms with van der Waals surface area (Å²) in [6, 6.07) is 4.05. The minimum atomic E-state index is -0.614. The number of benzene rings is 1. The highest BCUT2D eigenvalue weighted by atomic mass is 35.5. The summed E-state index contributed by atoms with van der Waals surface area (Å²) in [6.45, 7) is 1.16. The number of ketones is 1. The lowest BCUT2D eigenvalue weighted by Crippen LogP contribution is -2.25. The molecule has 0 saturated heterocycles. The van der Waals surface area contributed by atoms with Crippen molar-refractivity contribution in [2.75, 3.05) is 0 Å². The predicted molar refractivity (Wildman–Crippen MR) is 61.7 cm³/mol. The molecule has 6 heteroatoms. The lowest BCUT2D eigenvalue weighted by atomic mass is 10.2. The molecule has 0 aliphatic carbocycles. The average Bonchev–Trinajstić information content (AvgIpc) is 2.26. The number of hydrogen-bond acceptors (Lipinski definition) is 3. The molecule has 2 aromatic rings. The van der Waals surface area contributed by atoms with Gasteiger partial charge in [-0.15, -0.1) is 0 Å². The Morgan fingerprint density at radius 3 is 2.88 bits per heavy atom. The van der Waals surface area contributed by atoms with E-state index in [2.05, 4.69) is 4.98 Å². The van der Waals surface area contributed by atoms with Crippen molar-refractivity contribution in [3.63, 3.8) is 0 Å². The summed E-state index contributed by atoms with van der Waals surface area (Å²) in [5.41, 5.74) is -0.600. The summed E-state index contributed by atoms with van der Waals surface area (Å²) in [5.74, 6) is -0.844. The van der Waals surface area contributed by atoms with Gasteiger partial charge in [0.05, 0.1) is 11.9 Å².